The maximum atomic E-state index is 13.3. The van der Waals surface area contributed by atoms with E-state index in [1.807, 2.05) is 0 Å². The van der Waals surface area contributed by atoms with Crippen molar-refractivity contribution in [3.8, 4) is 0 Å². The first-order valence-corrected chi connectivity index (χ1v) is 5.09. The van der Waals surface area contributed by atoms with Crippen LogP contribution in [0.4, 0.5) is 15.8 Å². The van der Waals surface area contributed by atoms with E-state index in [0.29, 0.717) is 17.9 Å². The molecule has 0 saturated heterocycles. The van der Waals surface area contributed by atoms with Gasteiger partial charge >= 0.3 is 5.69 Å². The van der Waals surface area contributed by atoms with Gasteiger partial charge in [-0.25, -0.2) is 0 Å². The maximum Gasteiger partial charge on any atom is 0.304 e. The number of benzene rings is 1. The zero-order valence-corrected chi connectivity index (χ0v) is 9.50. The van der Waals surface area contributed by atoms with Crippen molar-refractivity contribution >= 4 is 11.4 Å². The van der Waals surface area contributed by atoms with Crippen LogP contribution in [0.2, 0.25) is 0 Å². The second-order valence-corrected chi connectivity index (χ2v) is 3.66. The molecule has 2 rings (SSSR count). The Labute approximate surface area is 101 Å². The normalized spacial score (nSPS) is 10.3. The molecule has 0 unspecified atom stereocenters. The minimum atomic E-state index is -0.871. The van der Waals surface area contributed by atoms with Crippen molar-refractivity contribution in [3.63, 3.8) is 0 Å². The smallest absolute Gasteiger partial charge is 0.304 e. The van der Waals surface area contributed by atoms with Crippen LogP contribution in [-0.4, -0.2) is 19.9 Å². The van der Waals surface area contributed by atoms with Gasteiger partial charge in [-0.15, -0.1) is 5.10 Å². The number of nitrogens with one attached hydrogen (secondary N) is 1. The molecule has 2 aromatic rings. The summed E-state index contributed by atoms with van der Waals surface area (Å²) in [6.07, 6.45) is 1.72. The number of nitrogens with zero attached hydrogens (tertiary/aromatic N) is 4. The molecule has 7 nitrogen and oxygen atoms in total. The van der Waals surface area contributed by atoms with Gasteiger partial charge in [-0.05, 0) is 6.07 Å². The van der Waals surface area contributed by atoms with Crippen LogP contribution in [0.5, 0.6) is 0 Å². The monoisotopic (exact) mass is 251 g/mol. The first-order valence-electron chi connectivity index (χ1n) is 5.09. The molecular weight excluding hydrogens is 241 g/mol. The molecule has 0 spiro atoms. The number of aromatic nitrogens is 3. The Bertz CT molecular complexity index is 583. The average molecular weight is 251 g/mol. The Morgan fingerprint density at radius 2 is 2.33 bits per heavy atom. The molecule has 0 saturated carbocycles. The van der Waals surface area contributed by atoms with Gasteiger partial charge < -0.3 is 5.32 Å². The summed E-state index contributed by atoms with van der Waals surface area (Å²) in [5.74, 6) is -0.871. The SMILES string of the molecule is Cn1cc(CNc2ccc([N+](=O)[O-])c(F)c2)nn1. The van der Waals surface area contributed by atoms with E-state index < -0.39 is 16.4 Å². The minimum absolute atomic E-state index is 0.366. The Morgan fingerprint density at radius 3 is 2.89 bits per heavy atom. The molecule has 1 heterocycles. The number of hydrogen-bond donors (Lipinski definition) is 1. The fraction of sp³-hybridized carbons (Fsp3) is 0.200. The van der Waals surface area contributed by atoms with Crippen LogP contribution in [0.3, 0.4) is 0 Å². The molecule has 8 heteroatoms. The minimum Gasteiger partial charge on any atom is -0.379 e. The van der Waals surface area contributed by atoms with E-state index in [9.17, 15) is 14.5 Å². The molecule has 0 radical (unpaired) electrons. The summed E-state index contributed by atoms with van der Waals surface area (Å²) in [4.78, 5) is 9.68. The highest BCUT2D eigenvalue weighted by Crippen LogP contribution is 2.20. The lowest BCUT2D eigenvalue weighted by atomic mass is 10.2. The number of hydrogen-bond acceptors (Lipinski definition) is 5. The van der Waals surface area contributed by atoms with E-state index in [0.717, 1.165) is 12.1 Å². The number of halogens is 1. The lowest BCUT2D eigenvalue weighted by molar-refractivity contribution is -0.387. The summed E-state index contributed by atoms with van der Waals surface area (Å²) in [6, 6.07) is 3.64. The first kappa shape index (κ1) is 12.0. The van der Waals surface area contributed by atoms with E-state index in [1.54, 1.807) is 17.9 Å². The quantitative estimate of drug-likeness (QED) is 0.657. The van der Waals surface area contributed by atoms with Crippen LogP contribution >= 0.6 is 0 Å². The highest BCUT2D eigenvalue weighted by molar-refractivity contribution is 5.49. The molecule has 1 aromatic carbocycles. The summed E-state index contributed by atoms with van der Waals surface area (Å²) in [5.41, 5.74) is 0.597. The largest absolute Gasteiger partial charge is 0.379 e. The Kier molecular flexibility index (Phi) is 3.18. The second-order valence-electron chi connectivity index (χ2n) is 3.66. The lowest BCUT2D eigenvalue weighted by Gasteiger charge is -2.03. The van der Waals surface area contributed by atoms with Crippen molar-refractivity contribution in [3.05, 3.63) is 46.0 Å². The molecule has 0 fully saturated rings. The van der Waals surface area contributed by atoms with Crippen LogP contribution in [-0.2, 0) is 13.6 Å². The third-order valence-corrected chi connectivity index (χ3v) is 2.27. The lowest BCUT2D eigenvalue weighted by Crippen LogP contribution is -2.01. The van der Waals surface area contributed by atoms with E-state index in [-0.39, 0.29) is 0 Å². The Hall–Kier alpha value is -2.51. The highest BCUT2D eigenvalue weighted by Gasteiger charge is 2.13. The van der Waals surface area contributed by atoms with Crippen molar-refractivity contribution < 1.29 is 9.31 Å². The van der Waals surface area contributed by atoms with Crippen molar-refractivity contribution in [1.82, 2.24) is 15.0 Å². The summed E-state index contributed by atoms with van der Waals surface area (Å²) in [7, 11) is 1.74. The van der Waals surface area contributed by atoms with Crippen molar-refractivity contribution in [2.24, 2.45) is 7.05 Å². The number of nitro benzene ring substituents is 1. The summed E-state index contributed by atoms with van der Waals surface area (Å²) >= 11 is 0. The van der Waals surface area contributed by atoms with Crippen LogP contribution in [0, 0.1) is 15.9 Å². The maximum absolute atomic E-state index is 13.3. The van der Waals surface area contributed by atoms with Crippen molar-refractivity contribution in [1.29, 1.82) is 0 Å². The van der Waals surface area contributed by atoms with Gasteiger partial charge in [0.25, 0.3) is 0 Å². The van der Waals surface area contributed by atoms with Gasteiger partial charge in [0.05, 0.1) is 11.5 Å². The van der Waals surface area contributed by atoms with E-state index in [1.165, 1.54) is 6.07 Å². The van der Waals surface area contributed by atoms with Gasteiger partial charge in [-0.3, -0.25) is 14.8 Å². The number of rotatable bonds is 4. The molecule has 1 aromatic heterocycles. The molecule has 1 N–H and O–H groups in total. The molecule has 0 bridgehead atoms. The molecule has 18 heavy (non-hydrogen) atoms. The van der Waals surface area contributed by atoms with Crippen LogP contribution in [0.1, 0.15) is 5.69 Å². The summed E-state index contributed by atoms with van der Waals surface area (Å²) < 4.78 is 14.9. The first-order chi connectivity index (χ1) is 8.56. The van der Waals surface area contributed by atoms with Crippen LogP contribution in [0.15, 0.2) is 24.4 Å². The predicted octanol–water partition coefficient (Wildman–Crippen LogP) is 1.47. The standard InChI is InChI=1S/C10H10FN5O2/c1-15-6-8(13-14-15)5-12-7-2-3-10(16(17)18)9(11)4-7/h2-4,6,12H,5H2,1H3. The second kappa shape index (κ2) is 4.78. The topological polar surface area (TPSA) is 85.9 Å². The van der Waals surface area contributed by atoms with Gasteiger partial charge in [-0.2, -0.15) is 4.39 Å². The predicted molar refractivity (Wildman–Crippen MR) is 61.4 cm³/mol. The third kappa shape index (κ3) is 2.59. The molecule has 0 aliphatic rings. The van der Waals surface area contributed by atoms with E-state index in [2.05, 4.69) is 15.6 Å². The van der Waals surface area contributed by atoms with Gasteiger partial charge in [-0.1, -0.05) is 5.21 Å². The number of aryl methyl sites for hydroxylation is 1. The van der Waals surface area contributed by atoms with Crippen LogP contribution < -0.4 is 5.32 Å². The summed E-state index contributed by atoms with van der Waals surface area (Å²) in [5, 5.41) is 20.9. The molecule has 0 aliphatic heterocycles. The summed E-state index contributed by atoms with van der Waals surface area (Å²) in [6.45, 7) is 0.366. The number of anilines is 1. The van der Waals surface area contributed by atoms with Gasteiger partial charge in [0.15, 0.2) is 0 Å². The average Bonchev–Trinajstić information content (AvgIpc) is 2.72. The van der Waals surface area contributed by atoms with Crippen LogP contribution in [0.25, 0.3) is 0 Å². The Balaban J connectivity index is 2.06. The van der Waals surface area contributed by atoms with Crippen molar-refractivity contribution in [2.75, 3.05) is 5.32 Å². The molecule has 0 atom stereocenters. The highest BCUT2D eigenvalue weighted by atomic mass is 19.1. The molecule has 0 aliphatic carbocycles. The van der Waals surface area contributed by atoms with E-state index >= 15 is 0 Å². The molecule has 0 amide bonds. The molecular formula is C10H10FN5O2. The third-order valence-electron chi connectivity index (χ3n) is 2.27. The fourth-order valence-corrected chi connectivity index (χ4v) is 1.43. The number of nitro groups is 1. The van der Waals surface area contributed by atoms with Gasteiger partial charge in [0.2, 0.25) is 5.82 Å². The van der Waals surface area contributed by atoms with Gasteiger partial charge in [0.1, 0.15) is 5.69 Å². The Morgan fingerprint density at radius 1 is 1.56 bits per heavy atom. The zero-order valence-electron chi connectivity index (χ0n) is 9.50. The van der Waals surface area contributed by atoms with E-state index in [4.69, 9.17) is 0 Å². The fourth-order valence-electron chi connectivity index (χ4n) is 1.43. The zero-order chi connectivity index (χ0) is 13.1. The van der Waals surface area contributed by atoms with Gasteiger partial charge in [0, 0.05) is 31.1 Å². The molecule has 94 valence electrons. The van der Waals surface area contributed by atoms with Crippen molar-refractivity contribution in [2.45, 2.75) is 6.54 Å².